The molecule has 0 radical (unpaired) electrons. The molecule has 33 heavy (non-hydrogen) atoms. The number of ketones is 1. The summed E-state index contributed by atoms with van der Waals surface area (Å²) in [5, 5.41) is 11.1. The van der Waals surface area contributed by atoms with Gasteiger partial charge in [-0.3, -0.25) is 14.6 Å². The molecule has 0 aliphatic carbocycles. The first kappa shape index (κ1) is 22.1. The maximum atomic E-state index is 14.0. The lowest BCUT2D eigenvalue weighted by Gasteiger charge is -2.25. The van der Waals surface area contributed by atoms with Gasteiger partial charge >= 0.3 is 0 Å². The summed E-state index contributed by atoms with van der Waals surface area (Å²) in [6.45, 7) is 0.132. The van der Waals surface area contributed by atoms with Gasteiger partial charge in [-0.2, -0.15) is 0 Å². The average Bonchev–Trinajstić information content (AvgIpc) is 3.08. The summed E-state index contributed by atoms with van der Waals surface area (Å²) in [6, 6.07) is 11.8. The molecule has 1 fully saturated rings. The van der Waals surface area contributed by atoms with Crippen LogP contribution in [0.2, 0.25) is 0 Å². The van der Waals surface area contributed by atoms with Gasteiger partial charge in [0.1, 0.15) is 23.1 Å². The molecule has 1 aliphatic heterocycles. The standard InChI is InChI=1S/C25H20F2N2O4/c1-33-20-9-8-18(27)13-19(20)23(30)21-22(16-3-2-11-28-14-16)29(25(32)24(21)31)12-10-15-4-6-17(26)7-5-15/h2-9,11,13-14,22,30H,10,12H2,1H3/b23-21+. The molecule has 4 rings (SSSR count). The molecule has 2 heterocycles. The van der Waals surface area contributed by atoms with E-state index in [-0.39, 0.29) is 29.2 Å². The second-order valence-electron chi connectivity index (χ2n) is 7.50. The monoisotopic (exact) mass is 450 g/mol. The number of halogens is 2. The third kappa shape index (κ3) is 4.32. The van der Waals surface area contributed by atoms with E-state index in [0.717, 1.165) is 17.7 Å². The third-order valence-corrected chi connectivity index (χ3v) is 5.51. The van der Waals surface area contributed by atoms with Gasteiger partial charge in [0.05, 0.1) is 24.3 Å². The van der Waals surface area contributed by atoms with Crippen LogP contribution in [0.3, 0.4) is 0 Å². The van der Waals surface area contributed by atoms with Crippen molar-refractivity contribution in [1.82, 2.24) is 9.88 Å². The van der Waals surface area contributed by atoms with Crippen molar-refractivity contribution in [2.45, 2.75) is 12.5 Å². The Morgan fingerprint density at radius 3 is 2.48 bits per heavy atom. The van der Waals surface area contributed by atoms with Crippen LogP contribution in [0.1, 0.15) is 22.7 Å². The Balaban J connectivity index is 1.80. The Kier molecular flexibility index (Phi) is 6.17. The van der Waals surface area contributed by atoms with Crippen molar-refractivity contribution in [1.29, 1.82) is 0 Å². The lowest BCUT2D eigenvalue weighted by molar-refractivity contribution is -0.139. The van der Waals surface area contributed by atoms with E-state index >= 15 is 0 Å². The van der Waals surface area contributed by atoms with Crippen LogP contribution in [-0.4, -0.2) is 40.3 Å². The number of nitrogens with zero attached hydrogens (tertiary/aromatic N) is 2. The smallest absolute Gasteiger partial charge is 0.295 e. The first-order valence-electron chi connectivity index (χ1n) is 10.2. The van der Waals surface area contributed by atoms with Crippen molar-refractivity contribution in [3.63, 3.8) is 0 Å². The van der Waals surface area contributed by atoms with Gasteiger partial charge in [-0.1, -0.05) is 18.2 Å². The number of carbonyl (C=O) groups excluding carboxylic acids is 2. The van der Waals surface area contributed by atoms with Crippen molar-refractivity contribution >= 4 is 17.4 Å². The zero-order valence-electron chi connectivity index (χ0n) is 17.7. The van der Waals surface area contributed by atoms with Gasteiger partial charge in [-0.15, -0.1) is 0 Å². The average molecular weight is 450 g/mol. The van der Waals surface area contributed by atoms with E-state index in [1.165, 1.54) is 36.4 Å². The summed E-state index contributed by atoms with van der Waals surface area (Å²) in [5.74, 6) is -3.10. The Morgan fingerprint density at radius 2 is 1.82 bits per heavy atom. The Hall–Kier alpha value is -4.07. The number of likely N-dealkylation sites (tertiary alicyclic amines) is 1. The van der Waals surface area contributed by atoms with Crippen LogP contribution in [0, 0.1) is 11.6 Å². The fourth-order valence-electron chi connectivity index (χ4n) is 3.91. The van der Waals surface area contributed by atoms with Gasteiger partial charge in [0.2, 0.25) is 0 Å². The second kappa shape index (κ2) is 9.20. The van der Waals surface area contributed by atoms with Gasteiger partial charge in [-0.05, 0) is 53.9 Å². The first-order valence-corrected chi connectivity index (χ1v) is 10.2. The highest BCUT2D eigenvalue weighted by Gasteiger charge is 2.46. The fourth-order valence-corrected chi connectivity index (χ4v) is 3.91. The highest BCUT2D eigenvalue weighted by atomic mass is 19.1. The Labute approximate surface area is 188 Å². The molecule has 0 saturated carbocycles. The van der Waals surface area contributed by atoms with Crippen LogP contribution in [-0.2, 0) is 16.0 Å². The molecule has 2 aromatic carbocycles. The van der Waals surface area contributed by atoms with Gasteiger partial charge in [-0.25, -0.2) is 8.78 Å². The normalized spacial score (nSPS) is 17.4. The number of rotatable bonds is 6. The number of hydrogen-bond donors (Lipinski definition) is 1. The summed E-state index contributed by atoms with van der Waals surface area (Å²) >= 11 is 0. The molecule has 1 unspecified atom stereocenters. The molecule has 1 saturated heterocycles. The fraction of sp³-hybridized carbons (Fsp3) is 0.160. The molecule has 1 aromatic heterocycles. The van der Waals surface area contributed by atoms with Gasteiger partial charge in [0, 0.05) is 18.9 Å². The largest absolute Gasteiger partial charge is 0.507 e. The summed E-state index contributed by atoms with van der Waals surface area (Å²) in [4.78, 5) is 31.4. The van der Waals surface area contributed by atoms with E-state index in [0.29, 0.717) is 12.0 Å². The molecule has 0 bridgehead atoms. The van der Waals surface area contributed by atoms with Crippen molar-refractivity contribution in [3.05, 3.63) is 101 Å². The van der Waals surface area contributed by atoms with Crippen LogP contribution >= 0.6 is 0 Å². The highest BCUT2D eigenvalue weighted by molar-refractivity contribution is 6.46. The molecule has 1 N–H and O–H groups in total. The molecule has 6 nitrogen and oxygen atoms in total. The van der Waals surface area contributed by atoms with E-state index in [2.05, 4.69) is 4.98 Å². The Morgan fingerprint density at radius 1 is 1.09 bits per heavy atom. The van der Waals surface area contributed by atoms with Crippen LogP contribution < -0.4 is 4.74 Å². The minimum absolute atomic E-state index is 0.0390. The van der Waals surface area contributed by atoms with Gasteiger partial charge in [0.25, 0.3) is 11.7 Å². The molecular weight excluding hydrogens is 430 g/mol. The van der Waals surface area contributed by atoms with E-state index < -0.39 is 29.3 Å². The predicted octanol–water partition coefficient (Wildman–Crippen LogP) is 4.03. The number of carbonyl (C=O) groups is 2. The summed E-state index contributed by atoms with van der Waals surface area (Å²) in [6.07, 6.45) is 3.40. The van der Waals surface area contributed by atoms with E-state index in [4.69, 9.17) is 4.74 Å². The number of methoxy groups -OCH3 is 1. The van der Waals surface area contributed by atoms with E-state index in [1.54, 1.807) is 30.5 Å². The lowest BCUT2D eigenvalue weighted by Crippen LogP contribution is -2.31. The topological polar surface area (TPSA) is 79.7 Å². The summed E-state index contributed by atoms with van der Waals surface area (Å²) in [7, 11) is 1.35. The van der Waals surface area contributed by atoms with Crippen LogP contribution in [0.25, 0.3) is 5.76 Å². The molecule has 0 spiro atoms. The van der Waals surface area contributed by atoms with Crippen LogP contribution in [0.5, 0.6) is 5.75 Å². The van der Waals surface area contributed by atoms with E-state index in [1.807, 2.05) is 0 Å². The number of Topliss-reactive ketones (excluding diaryl/α,β-unsaturated/α-hetero) is 1. The number of aliphatic hydroxyl groups is 1. The molecular formula is C25H20F2N2O4. The minimum atomic E-state index is -0.938. The maximum absolute atomic E-state index is 14.0. The quantitative estimate of drug-likeness (QED) is 0.349. The number of benzene rings is 2. The number of hydrogen-bond acceptors (Lipinski definition) is 5. The number of aromatic nitrogens is 1. The van der Waals surface area contributed by atoms with Crippen LogP contribution in [0.15, 0.2) is 72.6 Å². The van der Waals surface area contributed by atoms with Crippen molar-refractivity contribution in [2.24, 2.45) is 0 Å². The number of ether oxygens (including phenoxy) is 1. The first-order chi connectivity index (χ1) is 15.9. The number of amides is 1. The Bertz CT molecular complexity index is 1230. The lowest BCUT2D eigenvalue weighted by atomic mass is 9.96. The summed E-state index contributed by atoms with van der Waals surface area (Å²) in [5.41, 5.74) is 1.06. The van der Waals surface area contributed by atoms with Gasteiger partial charge < -0.3 is 14.7 Å². The minimum Gasteiger partial charge on any atom is -0.507 e. The van der Waals surface area contributed by atoms with Crippen LogP contribution in [0.4, 0.5) is 8.78 Å². The maximum Gasteiger partial charge on any atom is 0.295 e. The van der Waals surface area contributed by atoms with E-state index in [9.17, 15) is 23.5 Å². The highest BCUT2D eigenvalue weighted by Crippen LogP contribution is 2.40. The summed E-state index contributed by atoms with van der Waals surface area (Å²) < 4.78 is 32.4. The molecule has 168 valence electrons. The molecule has 1 amide bonds. The second-order valence-corrected chi connectivity index (χ2v) is 7.50. The SMILES string of the molecule is COc1ccc(F)cc1/C(O)=C1\C(=O)C(=O)N(CCc2ccc(F)cc2)C1c1cccnc1. The zero-order chi connectivity index (χ0) is 23.5. The molecule has 3 aromatic rings. The molecule has 8 heteroatoms. The number of aliphatic hydroxyl groups excluding tert-OH is 1. The third-order valence-electron chi connectivity index (χ3n) is 5.51. The molecule has 1 atom stereocenters. The van der Waals surface area contributed by atoms with Crippen molar-refractivity contribution < 1.29 is 28.2 Å². The molecule has 1 aliphatic rings. The van der Waals surface area contributed by atoms with Gasteiger partial charge in [0.15, 0.2) is 0 Å². The van der Waals surface area contributed by atoms with Crippen molar-refractivity contribution in [2.75, 3.05) is 13.7 Å². The number of pyridine rings is 1. The zero-order valence-corrected chi connectivity index (χ0v) is 17.7. The predicted molar refractivity (Wildman–Crippen MR) is 116 cm³/mol. The van der Waals surface area contributed by atoms with Crippen molar-refractivity contribution in [3.8, 4) is 5.75 Å².